The number of hydrogen-bond acceptors (Lipinski definition) is 3. The Hall–Kier alpha value is -2.68. The molecule has 2 aromatic carbocycles. The van der Waals surface area contributed by atoms with Crippen molar-refractivity contribution >= 4 is 23.4 Å². The number of rotatable bonds is 4. The van der Waals surface area contributed by atoms with E-state index in [0.717, 1.165) is 16.7 Å². The number of benzene rings is 2. The highest BCUT2D eigenvalue weighted by molar-refractivity contribution is 6.01. The van der Waals surface area contributed by atoms with E-state index in [9.17, 15) is 9.59 Å². The number of carbonyl (C=O) groups is 2. The van der Waals surface area contributed by atoms with Crippen LogP contribution in [0.1, 0.15) is 63.0 Å². The Labute approximate surface area is 161 Å². The highest BCUT2D eigenvalue weighted by atomic mass is 16.5. The minimum absolute atomic E-state index is 0.0732. The number of fused-ring (bicyclic) bond motifs is 1. The fourth-order valence-corrected chi connectivity index (χ4v) is 3.52. The molecular formula is C24H26O3. The van der Waals surface area contributed by atoms with Crippen LogP contribution in [0.2, 0.25) is 0 Å². The molecule has 1 atom stereocenters. The molecule has 3 nitrogen and oxygen atoms in total. The molecule has 0 spiro atoms. The van der Waals surface area contributed by atoms with Crippen molar-refractivity contribution in [2.75, 3.05) is 0 Å². The summed E-state index contributed by atoms with van der Waals surface area (Å²) in [5.74, 6) is -0.464. The van der Waals surface area contributed by atoms with E-state index in [1.165, 1.54) is 19.4 Å². The van der Waals surface area contributed by atoms with Crippen LogP contribution in [0.5, 0.6) is 0 Å². The molecule has 3 rings (SSSR count). The average Bonchev–Trinajstić information content (AvgIpc) is 2.60. The second-order valence-electron chi connectivity index (χ2n) is 8.20. The summed E-state index contributed by atoms with van der Waals surface area (Å²) in [4.78, 5) is 24.3. The van der Waals surface area contributed by atoms with Gasteiger partial charge in [0.05, 0.1) is 0 Å². The lowest BCUT2D eigenvalue weighted by molar-refractivity contribution is -0.135. The summed E-state index contributed by atoms with van der Waals surface area (Å²) in [6, 6.07) is 16.0. The lowest BCUT2D eigenvalue weighted by Crippen LogP contribution is -2.30. The lowest BCUT2D eigenvalue weighted by Gasteiger charge is -2.31. The van der Waals surface area contributed by atoms with E-state index in [0.29, 0.717) is 5.76 Å². The van der Waals surface area contributed by atoms with Gasteiger partial charge in [-0.2, -0.15) is 0 Å². The fourth-order valence-electron chi connectivity index (χ4n) is 3.52. The van der Waals surface area contributed by atoms with Gasteiger partial charge in [0.15, 0.2) is 0 Å². The van der Waals surface area contributed by atoms with Crippen LogP contribution in [0.4, 0.5) is 0 Å². The third-order valence-electron chi connectivity index (χ3n) is 5.06. The molecule has 0 aliphatic carbocycles. The maximum absolute atomic E-state index is 12.2. The third-order valence-corrected chi connectivity index (χ3v) is 5.06. The number of ether oxygens (including phenoxy) is 1. The zero-order valence-corrected chi connectivity index (χ0v) is 16.6. The van der Waals surface area contributed by atoms with Gasteiger partial charge in [0.2, 0.25) is 0 Å². The van der Waals surface area contributed by atoms with Gasteiger partial charge in [-0.3, -0.25) is 9.59 Å². The smallest absolute Gasteiger partial charge is 0.144 e. The molecule has 1 aliphatic heterocycles. The Balaban J connectivity index is 2.04. The van der Waals surface area contributed by atoms with Crippen LogP contribution in [0.25, 0.3) is 11.8 Å². The van der Waals surface area contributed by atoms with E-state index in [4.69, 9.17) is 4.74 Å². The van der Waals surface area contributed by atoms with Crippen molar-refractivity contribution in [1.29, 1.82) is 0 Å². The summed E-state index contributed by atoms with van der Waals surface area (Å²) in [7, 11) is 0. The molecule has 0 N–H and O–H groups in total. The van der Waals surface area contributed by atoms with Crippen LogP contribution in [0, 0.1) is 5.92 Å². The standard InChI is InChI=1S/C24H26O3/c1-15(25)22(16(2)26)23-20-9-7-6-8-18(20)14-21(27-23)17-10-12-19(13-11-17)24(3,4)5/h6-14,22-23H,1-5H3/t23-/m0/s1. The van der Waals surface area contributed by atoms with E-state index in [2.05, 4.69) is 32.9 Å². The first-order valence-corrected chi connectivity index (χ1v) is 9.27. The molecule has 2 aromatic rings. The van der Waals surface area contributed by atoms with Crippen molar-refractivity contribution in [2.45, 2.75) is 46.1 Å². The Morgan fingerprint density at radius 2 is 1.52 bits per heavy atom. The first-order chi connectivity index (χ1) is 12.7. The molecule has 0 aromatic heterocycles. The van der Waals surface area contributed by atoms with E-state index in [1.807, 2.05) is 42.5 Å². The SMILES string of the molecule is CC(=O)C(C(C)=O)[C@H]1OC(c2ccc(C(C)(C)C)cc2)=Cc2ccccc21. The van der Waals surface area contributed by atoms with E-state index in [-0.39, 0.29) is 17.0 Å². The molecule has 0 saturated carbocycles. The quantitative estimate of drug-likeness (QED) is 0.689. The van der Waals surface area contributed by atoms with Crippen LogP contribution in [-0.4, -0.2) is 11.6 Å². The predicted octanol–water partition coefficient (Wildman–Crippen LogP) is 5.35. The van der Waals surface area contributed by atoms with Gasteiger partial charge in [-0.15, -0.1) is 0 Å². The summed E-state index contributed by atoms with van der Waals surface area (Å²) in [6.07, 6.45) is 1.38. The van der Waals surface area contributed by atoms with Crippen LogP contribution < -0.4 is 0 Å². The van der Waals surface area contributed by atoms with Crippen molar-refractivity contribution in [3.05, 3.63) is 70.8 Å². The van der Waals surface area contributed by atoms with Crippen LogP contribution in [-0.2, 0) is 19.7 Å². The van der Waals surface area contributed by atoms with Crippen LogP contribution >= 0.6 is 0 Å². The Morgan fingerprint density at radius 3 is 2.07 bits per heavy atom. The van der Waals surface area contributed by atoms with Crippen molar-refractivity contribution in [1.82, 2.24) is 0 Å². The van der Waals surface area contributed by atoms with Gasteiger partial charge in [-0.05, 0) is 36.5 Å². The summed E-state index contributed by atoms with van der Waals surface area (Å²) in [6.45, 7) is 9.43. The predicted molar refractivity (Wildman–Crippen MR) is 108 cm³/mol. The molecule has 0 saturated heterocycles. The van der Waals surface area contributed by atoms with Crippen molar-refractivity contribution in [2.24, 2.45) is 5.92 Å². The van der Waals surface area contributed by atoms with Gasteiger partial charge in [0.25, 0.3) is 0 Å². The van der Waals surface area contributed by atoms with Gasteiger partial charge in [0.1, 0.15) is 29.3 Å². The molecule has 27 heavy (non-hydrogen) atoms. The van der Waals surface area contributed by atoms with Crippen LogP contribution in [0.15, 0.2) is 48.5 Å². The Morgan fingerprint density at radius 1 is 0.926 bits per heavy atom. The maximum Gasteiger partial charge on any atom is 0.144 e. The third kappa shape index (κ3) is 3.87. The monoisotopic (exact) mass is 362 g/mol. The summed E-state index contributed by atoms with van der Waals surface area (Å²) in [5.41, 5.74) is 4.11. The van der Waals surface area contributed by atoms with Gasteiger partial charge >= 0.3 is 0 Å². The highest BCUT2D eigenvalue weighted by Gasteiger charge is 2.36. The molecule has 0 amide bonds. The van der Waals surface area contributed by atoms with E-state index < -0.39 is 12.0 Å². The van der Waals surface area contributed by atoms with Gasteiger partial charge < -0.3 is 4.74 Å². The second-order valence-corrected chi connectivity index (χ2v) is 8.20. The van der Waals surface area contributed by atoms with Crippen molar-refractivity contribution in [3.63, 3.8) is 0 Å². The second kappa shape index (κ2) is 7.15. The molecule has 0 fully saturated rings. The normalized spacial score (nSPS) is 16.4. The Bertz CT molecular complexity index is 884. The van der Waals surface area contributed by atoms with Gasteiger partial charge in [-0.25, -0.2) is 0 Å². The maximum atomic E-state index is 12.2. The largest absolute Gasteiger partial charge is 0.484 e. The molecule has 0 radical (unpaired) electrons. The molecule has 1 heterocycles. The number of ketones is 2. The molecule has 1 aliphatic rings. The van der Waals surface area contributed by atoms with Crippen LogP contribution in [0.3, 0.4) is 0 Å². The van der Waals surface area contributed by atoms with Crippen molar-refractivity contribution in [3.8, 4) is 0 Å². The zero-order valence-electron chi connectivity index (χ0n) is 16.6. The molecule has 3 heteroatoms. The van der Waals surface area contributed by atoms with Crippen molar-refractivity contribution < 1.29 is 14.3 Å². The first-order valence-electron chi connectivity index (χ1n) is 9.27. The molecule has 0 bridgehead atoms. The Kier molecular flexibility index (Phi) is 5.05. The minimum Gasteiger partial charge on any atom is -0.484 e. The minimum atomic E-state index is -0.802. The zero-order chi connectivity index (χ0) is 19.8. The van der Waals surface area contributed by atoms with E-state index in [1.54, 1.807) is 0 Å². The molecule has 140 valence electrons. The molecule has 0 unspecified atom stereocenters. The average molecular weight is 362 g/mol. The number of carbonyl (C=O) groups excluding carboxylic acids is 2. The number of Topliss-reactive ketones (excluding diaryl/α,β-unsaturated/α-hetero) is 2. The highest BCUT2D eigenvalue weighted by Crippen LogP contribution is 2.40. The summed E-state index contributed by atoms with van der Waals surface area (Å²) < 4.78 is 6.23. The van der Waals surface area contributed by atoms with Gasteiger partial charge in [-0.1, -0.05) is 69.3 Å². The number of hydrogen-bond donors (Lipinski definition) is 0. The summed E-state index contributed by atoms with van der Waals surface area (Å²) in [5, 5.41) is 0. The fraction of sp³-hybridized carbons (Fsp3) is 0.333. The molecular weight excluding hydrogens is 336 g/mol. The first kappa shape index (κ1) is 19.1. The lowest BCUT2D eigenvalue weighted by atomic mass is 9.84. The van der Waals surface area contributed by atoms with Gasteiger partial charge in [0, 0.05) is 11.1 Å². The van der Waals surface area contributed by atoms with E-state index >= 15 is 0 Å². The topological polar surface area (TPSA) is 43.4 Å². The summed E-state index contributed by atoms with van der Waals surface area (Å²) >= 11 is 0.